The molecule has 0 amide bonds. The molecule has 2 nitrogen and oxygen atoms in total. The summed E-state index contributed by atoms with van der Waals surface area (Å²) in [5.74, 6) is 1.22. The second-order valence-electron chi connectivity index (χ2n) is 7.48. The third-order valence-electron chi connectivity index (χ3n) is 5.36. The van der Waals surface area contributed by atoms with Crippen LogP contribution in [0.5, 0.6) is 0 Å². The minimum Gasteiger partial charge on any atom is -0.377 e. The van der Waals surface area contributed by atoms with Crippen LogP contribution in [0.25, 0.3) is 0 Å². The predicted octanol–water partition coefficient (Wildman–Crippen LogP) is 4.44. The van der Waals surface area contributed by atoms with E-state index in [-0.39, 0.29) is 5.41 Å². The molecular weight excluding hydrogens is 282 g/mol. The molecule has 4 atom stereocenters. The zero-order chi connectivity index (χ0) is 15.2. The summed E-state index contributed by atoms with van der Waals surface area (Å²) < 4.78 is 5.90. The fourth-order valence-corrected chi connectivity index (χ4v) is 4.33. The van der Waals surface area contributed by atoms with Crippen molar-refractivity contribution in [1.82, 2.24) is 5.32 Å². The molecule has 1 saturated carbocycles. The fourth-order valence-electron chi connectivity index (χ4n) is 4.20. The van der Waals surface area contributed by atoms with Crippen molar-refractivity contribution >= 4 is 11.6 Å². The minimum atomic E-state index is 0.223. The first-order valence-electron chi connectivity index (χ1n) is 8.04. The average Bonchev–Trinajstić information content (AvgIpc) is 2.87. The number of halogens is 1. The van der Waals surface area contributed by atoms with E-state index >= 15 is 0 Å². The Morgan fingerprint density at radius 1 is 1.24 bits per heavy atom. The monoisotopic (exact) mass is 307 g/mol. The Labute approximate surface area is 133 Å². The van der Waals surface area contributed by atoms with E-state index in [2.05, 4.69) is 45.1 Å². The summed E-state index contributed by atoms with van der Waals surface area (Å²) in [7, 11) is 0. The Morgan fingerprint density at radius 3 is 2.52 bits per heavy atom. The highest BCUT2D eigenvalue weighted by Gasteiger charge is 2.59. The third kappa shape index (κ3) is 2.62. The Bertz CT molecular complexity index is 496. The summed E-state index contributed by atoms with van der Waals surface area (Å²) >= 11 is 6.02. The van der Waals surface area contributed by atoms with Crippen molar-refractivity contribution in [2.45, 2.75) is 52.3 Å². The van der Waals surface area contributed by atoms with Gasteiger partial charge < -0.3 is 10.1 Å². The molecule has 1 aliphatic heterocycles. The van der Waals surface area contributed by atoms with Crippen molar-refractivity contribution in [3.63, 3.8) is 0 Å². The molecular formula is C18H26ClNO. The fraction of sp³-hybridized carbons (Fsp3) is 0.667. The zero-order valence-corrected chi connectivity index (χ0v) is 14.2. The number of benzene rings is 1. The van der Waals surface area contributed by atoms with Crippen LogP contribution in [0.15, 0.2) is 24.3 Å². The van der Waals surface area contributed by atoms with Gasteiger partial charge in [-0.3, -0.25) is 0 Å². The summed E-state index contributed by atoms with van der Waals surface area (Å²) in [4.78, 5) is 0. The van der Waals surface area contributed by atoms with Gasteiger partial charge in [-0.2, -0.15) is 0 Å². The Hall–Kier alpha value is -0.570. The van der Waals surface area contributed by atoms with Gasteiger partial charge in [0.15, 0.2) is 0 Å². The highest BCUT2D eigenvalue weighted by molar-refractivity contribution is 6.30. The van der Waals surface area contributed by atoms with Crippen LogP contribution in [0, 0.1) is 17.3 Å². The van der Waals surface area contributed by atoms with E-state index in [0.717, 1.165) is 11.6 Å². The standard InChI is InChI=1S/C18H26ClNO/c1-11(2)15(12-5-7-13(19)8-6-12)20-16-14-9-10-21-17(14)18(16,3)4/h5-8,11,14-17,20H,9-10H2,1-4H3. The van der Waals surface area contributed by atoms with E-state index in [9.17, 15) is 0 Å². The molecule has 1 saturated heterocycles. The van der Waals surface area contributed by atoms with E-state index in [1.165, 1.54) is 12.0 Å². The quantitative estimate of drug-likeness (QED) is 0.888. The van der Waals surface area contributed by atoms with Crippen LogP contribution < -0.4 is 5.32 Å². The molecule has 0 aromatic heterocycles. The molecule has 3 heteroatoms. The summed E-state index contributed by atoms with van der Waals surface area (Å²) in [6.07, 6.45) is 1.63. The molecule has 2 aliphatic rings. The maximum absolute atomic E-state index is 6.02. The topological polar surface area (TPSA) is 21.3 Å². The second kappa shape index (κ2) is 5.57. The summed E-state index contributed by atoms with van der Waals surface area (Å²) in [5.41, 5.74) is 1.55. The molecule has 4 unspecified atom stereocenters. The smallest absolute Gasteiger partial charge is 0.0685 e. The number of hydrogen-bond acceptors (Lipinski definition) is 2. The molecule has 3 rings (SSSR count). The van der Waals surface area contributed by atoms with Crippen LogP contribution in [-0.2, 0) is 4.74 Å². The van der Waals surface area contributed by atoms with Crippen LogP contribution in [0.4, 0.5) is 0 Å². The lowest BCUT2D eigenvalue weighted by atomic mass is 9.57. The van der Waals surface area contributed by atoms with E-state index in [1.807, 2.05) is 12.1 Å². The van der Waals surface area contributed by atoms with Crippen molar-refractivity contribution in [3.05, 3.63) is 34.9 Å². The van der Waals surface area contributed by atoms with E-state index in [0.29, 0.717) is 30.0 Å². The lowest BCUT2D eigenvalue weighted by Gasteiger charge is -2.56. The van der Waals surface area contributed by atoms with Crippen LogP contribution in [-0.4, -0.2) is 18.8 Å². The average molecular weight is 308 g/mol. The molecule has 116 valence electrons. The van der Waals surface area contributed by atoms with Gasteiger partial charge in [0, 0.05) is 35.0 Å². The Balaban J connectivity index is 1.78. The van der Waals surface area contributed by atoms with Gasteiger partial charge in [0.25, 0.3) is 0 Å². The SMILES string of the molecule is CC(C)C(NC1C2CCOC2C1(C)C)c1ccc(Cl)cc1. The van der Waals surface area contributed by atoms with Crippen LogP contribution in [0.1, 0.15) is 45.7 Å². The van der Waals surface area contributed by atoms with Gasteiger partial charge in [-0.1, -0.05) is 51.4 Å². The maximum Gasteiger partial charge on any atom is 0.0685 e. The van der Waals surface area contributed by atoms with Crippen LogP contribution in [0.2, 0.25) is 5.02 Å². The third-order valence-corrected chi connectivity index (χ3v) is 5.61. The van der Waals surface area contributed by atoms with Crippen molar-refractivity contribution < 1.29 is 4.74 Å². The summed E-state index contributed by atoms with van der Waals surface area (Å²) in [6.45, 7) is 10.1. The van der Waals surface area contributed by atoms with Gasteiger partial charge >= 0.3 is 0 Å². The van der Waals surface area contributed by atoms with Gasteiger partial charge in [-0.15, -0.1) is 0 Å². The number of ether oxygens (including phenoxy) is 1. The van der Waals surface area contributed by atoms with Crippen LogP contribution >= 0.6 is 11.6 Å². The molecule has 0 spiro atoms. The van der Waals surface area contributed by atoms with Gasteiger partial charge in [-0.25, -0.2) is 0 Å². The number of fused-ring (bicyclic) bond motifs is 1. The first-order valence-corrected chi connectivity index (χ1v) is 8.42. The lowest BCUT2D eigenvalue weighted by molar-refractivity contribution is -0.117. The summed E-state index contributed by atoms with van der Waals surface area (Å²) in [6, 6.07) is 9.17. The number of rotatable bonds is 4. The van der Waals surface area contributed by atoms with Gasteiger partial charge in [-0.05, 0) is 30.0 Å². The largest absolute Gasteiger partial charge is 0.377 e. The Morgan fingerprint density at radius 2 is 1.90 bits per heavy atom. The molecule has 0 bridgehead atoms. The second-order valence-corrected chi connectivity index (χ2v) is 7.92. The van der Waals surface area contributed by atoms with Gasteiger partial charge in [0.2, 0.25) is 0 Å². The molecule has 1 aliphatic carbocycles. The van der Waals surface area contributed by atoms with Crippen molar-refractivity contribution in [2.24, 2.45) is 17.3 Å². The first-order chi connectivity index (χ1) is 9.91. The van der Waals surface area contributed by atoms with Crippen molar-refractivity contribution in [1.29, 1.82) is 0 Å². The normalized spacial score (nSPS) is 31.8. The maximum atomic E-state index is 6.02. The van der Waals surface area contributed by atoms with Crippen molar-refractivity contribution in [3.8, 4) is 0 Å². The zero-order valence-electron chi connectivity index (χ0n) is 13.4. The van der Waals surface area contributed by atoms with Gasteiger partial charge in [0.05, 0.1) is 6.10 Å². The predicted molar refractivity (Wildman–Crippen MR) is 87.6 cm³/mol. The van der Waals surface area contributed by atoms with Crippen LogP contribution in [0.3, 0.4) is 0 Å². The lowest BCUT2D eigenvalue weighted by Crippen LogP contribution is -2.66. The highest BCUT2D eigenvalue weighted by atomic mass is 35.5. The number of hydrogen-bond donors (Lipinski definition) is 1. The molecule has 1 heterocycles. The van der Waals surface area contributed by atoms with E-state index in [1.54, 1.807) is 0 Å². The molecule has 0 radical (unpaired) electrons. The molecule has 1 aromatic rings. The van der Waals surface area contributed by atoms with E-state index < -0.39 is 0 Å². The first kappa shape index (κ1) is 15.3. The Kier molecular flexibility index (Phi) is 4.06. The highest BCUT2D eigenvalue weighted by Crippen LogP contribution is 2.53. The molecule has 1 aromatic carbocycles. The summed E-state index contributed by atoms with van der Waals surface area (Å²) in [5, 5.41) is 4.73. The number of nitrogens with one attached hydrogen (secondary N) is 1. The minimum absolute atomic E-state index is 0.223. The van der Waals surface area contributed by atoms with Crippen molar-refractivity contribution in [2.75, 3.05) is 6.61 Å². The van der Waals surface area contributed by atoms with Gasteiger partial charge in [0.1, 0.15) is 0 Å². The molecule has 2 fully saturated rings. The molecule has 21 heavy (non-hydrogen) atoms. The van der Waals surface area contributed by atoms with E-state index in [4.69, 9.17) is 16.3 Å². The molecule has 1 N–H and O–H groups in total.